The highest BCUT2D eigenvalue weighted by Crippen LogP contribution is 2.19. The second kappa shape index (κ2) is 6.67. The van der Waals surface area contributed by atoms with Crippen LogP contribution >= 0.6 is 23.2 Å². The Morgan fingerprint density at radius 3 is 2.54 bits per heavy atom. The normalized spacial score (nSPS) is 10.8. The summed E-state index contributed by atoms with van der Waals surface area (Å²) in [5, 5.41) is 12.6. The zero-order chi connectivity index (χ0) is 17.3. The standard InChI is InChI=1S/C16H15Cl2N5O/c1-10-15(18)11(2)23(21-10)9-22-8-14(7-19-22)20-16(24)12-3-5-13(17)6-4-12/h3-8H,9H2,1-2H3,(H,20,24). The molecule has 0 spiro atoms. The molecule has 3 rings (SSSR count). The van der Waals surface area contributed by atoms with Crippen molar-refractivity contribution in [3.05, 3.63) is 63.7 Å². The van der Waals surface area contributed by atoms with Gasteiger partial charge in [-0.15, -0.1) is 0 Å². The Balaban J connectivity index is 1.70. The van der Waals surface area contributed by atoms with Crippen molar-refractivity contribution in [1.82, 2.24) is 19.6 Å². The number of halogens is 2. The minimum atomic E-state index is -0.222. The van der Waals surface area contributed by atoms with Gasteiger partial charge in [0.2, 0.25) is 0 Å². The van der Waals surface area contributed by atoms with Gasteiger partial charge in [0, 0.05) is 10.6 Å². The highest BCUT2D eigenvalue weighted by Gasteiger charge is 2.11. The fourth-order valence-corrected chi connectivity index (χ4v) is 2.52. The van der Waals surface area contributed by atoms with E-state index in [1.807, 2.05) is 13.8 Å². The van der Waals surface area contributed by atoms with E-state index in [0.29, 0.717) is 28.0 Å². The van der Waals surface area contributed by atoms with E-state index >= 15 is 0 Å². The topological polar surface area (TPSA) is 64.7 Å². The van der Waals surface area contributed by atoms with Gasteiger partial charge in [-0.25, -0.2) is 9.36 Å². The van der Waals surface area contributed by atoms with E-state index < -0.39 is 0 Å². The minimum absolute atomic E-state index is 0.222. The van der Waals surface area contributed by atoms with Crippen LogP contribution in [0.2, 0.25) is 10.0 Å². The van der Waals surface area contributed by atoms with E-state index in [0.717, 1.165) is 11.4 Å². The lowest BCUT2D eigenvalue weighted by Crippen LogP contribution is -2.12. The van der Waals surface area contributed by atoms with Crippen molar-refractivity contribution >= 4 is 34.8 Å². The second-order valence-corrected chi connectivity index (χ2v) is 6.17. The fourth-order valence-electron chi connectivity index (χ4n) is 2.26. The zero-order valence-electron chi connectivity index (χ0n) is 13.1. The molecule has 0 saturated carbocycles. The summed E-state index contributed by atoms with van der Waals surface area (Å²) in [6.45, 7) is 4.16. The summed E-state index contributed by atoms with van der Waals surface area (Å²) in [5.41, 5.74) is 2.77. The molecule has 0 fully saturated rings. The quantitative estimate of drug-likeness (QED) is 0.767. The van der Waals surface area contributed by atoms with Crippen LogP contribution < -0.4 is 5.32 Å². The lowest BCUT2D eigenvalue weighted by molar-refractivity contribution is 0.102. The molecule has 1 N–H and O–H groups in total. The van der Waals surface area contributed by atoms with Crippen LogP contribution in [0.1, 0.15) is 21.7 Å². The number of benzene rings is 1. The number of aryl methyl sites for hydroxylation is 1. The summed E-state index contributed by atoms with van der Waals surface area (Å²) in [6.07, 6.45) is 3.32. The first-order valence-corrected chi connectivity index (χ1v) is 7.98. The third-order valence-electron chi connectivity index (χ3n) is 3.57. The monoisotopic (exact) mass is 363 g/mol. The molecule has 0 aliphatic carbocycles. The third kappa shape index (κ3) is 3.44. The molecule has 2 heterocycles. The molecule has 6 nitrogen and oxygen atoms in total. The molecule has 0 aliphatic rings. The van der Waals surface area contributed by atoms with E-state index in [9.17, 15) is 4.79 Å². The number of hydrogen-bond donors (Lipinski definition) is 1. The molecule has 0 aliphatic heterocycles. The van der Waals surface area contributed by atoms with Crippen molar-refractivity contribution in [2.75, 3.05) is 5.32 Å². The maximum atomic E-state index is 12.2. The van der Waals surface area contributed by atoms with Crippen LogP contribution in [0.5, 0.6) is 0 Å². The lowest BCUT2D eigenvalue weighted by Gasteiger charge is -2.04. The minimum Gasteiger partial charge on any atom is -0.319 e. The van der Waals surface area contributed by atoms with Crippen molar-refractivity contribution in [2.24, 2.45) is 0 Å². The molecule has 8 heteroatoms. The number of nitrogens with one attached hydrogen (secondary N) is 1. The summed E-state index contributed by atoms with van der Waals surface area (Å²) < 4.78 is 3.43. The van der Waals surface area contributed by atoms with Gasteiger partial charge in [-0.1, -0.05) is 23.2 Å². The van der Waals surface area contributed by atoms with Crippen LogP contribution in [0.25, 0.3) is 0 Å². The summed E-state index contributed by atoms with van der Waals surface area (Å²) >= 11 is 12.0. The van der Waals surface area contributed by atoms with Gasteiger partial charge in [-0.2, -0.15) is 10.2 Å². The number of nitrogens with zero attached hydrogens (tertiary/aromatic N) is 4. The Hall–Kier alpha value is -2.31. The number of anilines is 1. The average Bonchev–Trinajstić information content (AvgIpc) is 3.09. The highest BCUT2D eigenvalue weighted by molar-refractivity contribution is 6.31. The van der Waals surface area contributed by atoms with Gasteiger partial charge in [0.25, 0.3) is 5.91 Å². The maximum absolute atomic E-state index is 12.2. The van der Waals surface area contributed by atoms with Gasteiger partial charge in [-0.3, -0.25) is 4.79 Å². The van der Waals surface area contributed by atoms with Crippen LogP contribution in [0.3, 0.4) is 0 Å². The zero-order valence-corrected chi connectivity index (χ0v) is 14.6. The Labute approximate surface area is 149 Å². The van der Waals surface area contributed by atoms with Crippen molar-refractivity contribution < 1.29 is 4.79 Å². The molecule has 1 amide bonds. The Kier molecular flexibility index (Phi) is 4.59. The molecule has 2 aromatic heterocycles. The first-order valence-electron chi connectivity index (χ1n) is 7.23. The van der Waals surface area contributed by atoms with Gasteiger partial charge >= 0.3 is 0 Å². The van der Waals surface area contributed by atoms with E-state index in [4.69, 9.17) is 23.2 Å². The molecular weight excluding hydrogens is 349 g/mol. The first kappa shape index (κ1) is 16.5. The summed E-state index contributed by atoms with van der Waals surface area (Å²) in [7, 11) is 0. The third-order valence-corrected chi connectivity index (χ3v) is 4.37. The molecule has 24 heavy (non-hydrogen) atoms. The van der Waals surface area contributed by atoms with Crippen LogP contribution in [0, 0.1) is 13.8 Å². The largest absolute Gasteiger partial charge is 0.319 e. The molecule has 0 saturated heterocycles. The second-order valence-electron chi connectivity index (χ2n) is 5.36. The molecule has 1 aromatic carbocycles. The molecule has 0 radical (unpaired) electrons. The molecule has 0 unspecified atom stereocenters. The Morgan fingerprint density at radius 2 is 1.92 bits per heavy atom. The van der Waals surface area contributed by atoms with Crippen LogP contribution in [-0.4, -0.2) is 25.5 Å². The van der Waals surface area contributed by atoms with Crippen molar-refractivity contribution in [2.45, 2.75) is 20.5 Å². The summed E-state index contributed by atoms with van der Waals surface area (Å²) in [5.74, 6) is -0.222. The van der Waals surface area contributed by atoms with Crippen LogP contribution in [-0.2, 0) is 6.67 Å². The molecule has 0 bridgehead atoms. The fraction of sp³-hybridized carbons (Fsp3) is 0.188. The predicted molar refractivity (Wildman–Crippen MR) is 93.7 cm³/mol. The van der Waals surface area contributed by atoms with E-state index in [-0.39, 0.29) is 5.91 Å². The molecule has 0 atom stereocenters. The van der Waals surface area contributed by atoms with Gasteiger partial charge in [0.15, 0.2) is 0 Å². The Bertz CT molecular complexity index is 883. The van der Waals surface area contributed by atoms with E-state index in [1.54, 1.807) is 46.0 Å². The summed E-state index contributed by atoms with van der Waals surface area (Å²) in [4.78, 5) is 12.2. The van der Waals surface area contributed by atoms with Crippen molar-refractivity contribution in [1.29, 1.82) is 0 Å². The van der Waals surface area contributed by atoms with Crippen LogP contribution in [0.4, 0.5) is 5.69 Å². The van der Waals surface area contributed by atoms with Gasteiger partial charge < -0.3 is 5.32 Å². The predicted octanol–water partition coefficient (Wildman–Crippen LogP) is 3.76. The van der Waals surface area contributed by atoms with Crippen molar-refractivity contribution in [3.63, 3.8) is 0 Å². The number of carbonyl (C=O) groups excluding carboxylic acids is 1. The summed E-state index contributed by atoms with van der Waals surface area (Å²) in [6, 6.07) is 6.68. The number of carbonyl (C=O) groups is 1. The smallest absolute Gasteiger partial charge is 0.255 e. The Morgan fingerprint density at radius 1 is 1.21 bits per heavy atom. The maximum Gasteiger partial charge on any atom is 0.255 e. The number of hydrogen-bond acceptors (Lipinski definition) is 3. The molecule has 3 aromatic rings. The number of rotatable bonds is 4. The molecule has 124 valence electrons. The highest BCUT2D eigenvalue weighted by atomic mass is 35.5. The van der Waals surface area contributed by atoms with Crippen LogP contribution in [0.15, 0.2) is 36.7 Å². The van der Waals surface area contributed by atoms with Gasteiger partial charge in [0.1, 0.15) is 6.67 Å². The van der Waals surface area contributed by atoms with Crippen molar-refractivity contribution in [3.8, 4) is 0 Å². The van der Waals surface area contributed by atoms with Gasteiger partial charge in [0.05, 0.1) is 34.5 Å². The van der Waals surface area contributed by atoms with E-state index in [1.165, 1.54) is 0 Å². The SMILES string of the molecule is Cc1nn(Cn2cc(NC(=O)c3ccc(Cl)cc3)cn2)c(C)c1Cl. The first-order chi connectivity index (χ1) is 11.4. The number of aromatic nitrogens is 4. The molecular formula is C16H15Cl2N5O. The van der Waals surface area contributed by atoms with E-state index in [2.05, 4.69) is 15.5 Å². The van der Waals surface area contributed by atoms with Gasteiger partial charge in [-0.05, 0) is 38.1 Å². The number of amides is 1. The lowest BCUT2D eigenvalue weighted by atomic mass is 10.2. The average molecular weight is 364 g/mol.